The smallest absolute Gasteiger partial charge is 0.274 e. The average molecular weight is 325 g/mol. The van der Waals surface area contributed by atoms with Crippen molar-refractivity contribution in [2.75, 3.05) is 20.2 Å². The average Bonchev–Trinajstić information content (AvgIpc) is 2.67. The molecule has 1 aliphatic rings. The topological polar surface area (TPSA) is 55.3 Å². The van der Waals surface area contributed by atoms with E-state index in [1.807, 2.05) is 17.0 Å². The summed E-state index contributed by atoms with van der Waals surface area (Å²) in [5.41, 5.74) is 1.75. The van der Waals surface area contributed by atoms with Crippen LogP contribution in [0.1, 0.15) is 35.3 Å². The van der Waals surface area contributed by atoms with Crippen LogP contribution >= 0.6 is 0 Å². The Morgan fingerprint density at radius 1 is 1.29 bits per heavy atom. The lowest BCUT2D eigenvalue weighted by Crippen LogP contribution is -2.40. The van der Waals surface area contributed by atoms with Gasteiger partial charge in [-0.15, -0.1) is 0 Å². The summed E-state index contributed by atoms with van der Waals surface area (Å²) in [5.74, 6) is 1.43. The molecule has 0 spiro atoms. The zero-order chi connectivity index (χ0) is 16.8. The summed E-state index contributed by atoms with van der Waals surface area (Å²) < 4.78 is 5.19. The molecule has 0 bridgehead atoms. The lowest BCUT2D eigenvalue weighted by molar-refractivity contribution is 0.0662. The fourth-order valence-electron chi connectivity index (χ4n) is 3.22. The van der Waals surface area contributed by atoms with Gasteiger partial charge in [0.25, 0.3) is 5.91 Å². The van der Waals surface area contributed by atoms with Crippen LogP contribution in [-0.4, -0.2) is 41.0 Å². The minimum absolute atomic E-state index is 0.00255. The van der Waals surface area contributed by atoms with Crippen LogP contribution < -0.4 is 4.74 Å². The van der Waals surface area contributed by atoms with Crippen LogP contribution in [0, 0.1) is 5.92 Å². The van der Waals surface area contributed by atoms with Gasteiger partial charge in [-0.3, -0.25) is 9.78 Å². The summed E-state index contributed by atoms with van der Waals surface area (Å²) in [5, 5.41) is 0. The van der Waals surface area contributed by atoms with Gasteiger partial charge in [-0.25, -0.2) is 4.98 Å². The first-order chi connectivity index (χ1) is 11.8. The number of amides is 1. The number of piperidine rings is 1. The Balaban J connectivity index is 1.54. The molecule has 3 rings (SSSR count). The van der Waals surface area contributed by atoms with E-state index >= 15 is 0 Å². The Morgan fingerprint density at radius 2 is 2.12 bits per heavy atom. The molecule has 0 unspecified atom stereocenters. The Bertz CT molecular complexity index is 658. The normalized spacial score (nSPS) is 17.5. The van der Waals surface area contributed by atoms with Crippen LogP contribution in [0.15, 0.2) is 42.9 Å². The van der Waals surface area contributed by atoms with Gasteiger partial charge in [0.05, 0.1) is 13.3 Å². The fourth-order valence-corrected chi connectivity index (χ4v) is 3.22. The van der Waals surface area contributed by atoms with Crippen molar-refractivity contribution in [3.05, 3.63) is 54.1 Å². The highest BCUT2D eigenvalue weighted by atomic mass is 16.5. The Kier molecular flexibility index (Phi) is 5.41. The summed E-state index contributed by atoms with van der Waals surface area (Å²) in [4.78, 5) is 22.5. The zero-order valence-corrected chi connectivity index (χ0v) is 14.0. The van der Waals surface area contributed by atoms with E-state index in [0.29, 0.717) is 11.6 Å². The number of hydrogen-bond acceptors (Lipinski definition) is 4. The molecule has 1 fully saturated rings. The second-order valence-corrected chi connectivity index (χ2v) is 6.24. The van der Waals surface area contributed by atoms with Gasteiger partial charge in [0.1, 0.15) is 11.4 Å². The molecule has 2 aromatic rings. The number of likely N-dealkylation sites (tertiary alicyclic amines) is 1. The van der Waals surface area contributed by atoms with E-state index in [2.05, 4.69) is 22.1 Å². The SMILES string of the molecule is COc1ccc(CC[C@@H]2CCCN(C(=O)c3cnccn3)C2)cc1. The van der Waals surface area contributed by atoms with Crippen molar-refractivity contribution in [1.29, 1.82) is 0 Å². The van der Waals surface area contributed by atoms with Gasteiger partial charge >= 0.3 is 0 Å². The monoisotopic (exact) mass is 325 g/mol. The van der Waals surface area contributed by atoms with Gasteiger partial charge in [0, 0.05) is 25.5 Å². The van der Waals surface area contributed by atoms with E-state index in [1.54, 1.807) is 25.7 Å². The lowest BCUT2D eigenvalue weighted by atomic mass is 9.91. The maximum Gasteiger partial charge on any atom is 0.274 e. The standard InChI is InChI=1S/C19H23N3O2/c1-24-17-8-6-15(7-9-17)4-5-16-3-2-12-22(14-16)19(23)18-13-20-10-11-21-18/h6-11,13,16H,2-5,12,14H2,1H3/t16-/m0/s1. The molecule has 1 aliphatic heterocycles. The van der Waals surface area contributed by atoms with Crippen molar-refractivity contribution >= 4 is 5.91 Å². The third kappa shape index (κ3) is 4.10. The first-order valence-electron chi connectivity index (χ1n) is 8.44. The molecule has 1 aromatic heterocycles. The molecule has 1 atom stereocenters. The van der Waals surface area contributed by atoms with Crippen LogP contribution in [0.5, 0.6) is 5.75 Å². The largest absolute Gasteiger partial charge is 0.497 e. The van der Waals surface area contributed by atoms with Crippen molar-refractivity contribution in [3.63, 3.8) is 0 Å². The highest BCUT2D eigenvalue weighted by Crippen LogP contribution is 2.23. The number of nitrogens with zero attached hydrogens (tertiary/aromatic N) is 3. The summed E-state index contributed by atoms with van der Waals surface area (Å²) in [6.45, 7) is 1.63. The van der Waals surface area contributed by atoms with Crippen LogP contribution in [0.3, 0.4) is 0 Å². The fraction of sp³-hybridized carbons (Fsp3) is 0.421. The number of aryl methyl sites for hydroxylation is 1. The predicted molar refractivity (Wildman–Crippen MR) is 92.0 cm³/mol. The molecule has 5 nitrogen and oxygen atoms in total. The molecule has 5 heteroatoms. The summed E-state index contributed by atoms with van der Waals surface area (Å²) in [7, 11) is 1.68. The quantitative estimate of drug-likeness (QED) is 0.848. The Morgan fingerprint density at radius 3 is 2.83 bits per heavy atom. The molecule has 2 heterocycles. The van der Waals surface area contributed by atoms with E-state index in [1.165, 1.54) is 12.0 Å². The number of hydrogen-bond donors (Lipinski definition) is 0. The van der Waals surface area contributed by atoms with E-state index < -0.39 is 0 Å². The summed E-state index contributed by atoms with van der Waals surface area (Å²) in [6.07, 6.45) is 9.06. The number of carbonyl (C=O) groups excluding carboxylic acids is 1. The molecule has 0 radical (unpaired) electrons. The van der Waals surface area contributed by atoms with Crippen molar-refractivity contribution in [3.8, 4) is 5.75 Å². The molecule has 126 valence electrons. The van der Waals surface area contributed by atoms with Gasteiger partial charge in [-0.05, 0) is 49.3 Å². The van der Waals surface area contributed by atoms with Gasteiger partial charge in [-0.2, -0.15) is 0 Å². The van der Waals surface area contributed by atoms with Crippen molar-refractivity contribution in [1.82, 2.24) is 14.9 Å². The maximum absolute atomic E-state index is 12.5. The first-order valence-corrected chi connectivity index (χ1v) is 8.44. The highest BCUT2D eigenvalue weighted by molar-refractivity contribution is 5.92. The molecule has 24 heavy (non-hydrogen) atoms. The number of ether oxygens (including phenoxy) is 1. The van der Waals surface area contributed by atoms with E-state index in [-0.39, 0.29) is 5.91 Å². The number of rotatable bonds is 5. The number of benzene rings is 1. The minimum Gasteiger partial charge on any atom is -0.497 e. The molecule has 0 N–H and O–H groups in total. The Hall–Kier alpha value is -2.43. The number of carbonyl (C=O) groups is 1. The van der Waals surface area contributed by atoms with E-state index in [4.69, 9.17) is 4.74 Å². The van der Waals surface area contributed by atoms with Crippen molar-refractivity contribution < 1.29 is 9.53 Å². The highest BCUT2D eigenvalue weighted by Gasteiger charge is 2.25. The molecule has 0 aliphatic carbocycles. The molecular weight excluding hydrogens is 302 g/mol. The third-order valence-corrected chi connectivity index (χ3v) is 4.59. The van der Waals surface area contributed by atoms with E-state index in [9.17, 15) is 4.79 Å². The second kappa shape index (κ2) is 7.90. The molecule has 1 saturated heterocycles. The number of methoxy groups -OCH3 is 1. The van der Waals surface area contributed by atoms with Crippen molar-refractivity contribution in [2.24, 2.45) is 5.92 Å². The van der Waals surface area contributed by atoms with Crippen LogP contribution in [0.25, 0.3) is 0 Å². The third-order valence-electron chi connectivity index (χ3n) is 4.59. The van der Waals surface area contributed by atoms with Gasteiger partial charge < -0.3 is 9.64 Å². The molecule has 1 aromatic carbocycles. The van der Waals surface area contributed by atoms with Gasteiger partial charge in [0.15, 0.2) is 0 Å². The zero-order valence-electron chi connectivity index (χ0n) is 14.0. The van der Waals surface area contributed by atoms with E-state index in [0.717, 1.165) is 38.1 Å². The van der Waals surface area contributed by atoms with Gasteiger partial charge in [-0.1, -0.05) is 12.1 Å². The van der Waals surface area contributed by atoms with Crippen LogP contribution in [0.4, 0.5) is 0 Å². The molecular formula is C19H23N3O2. The minimum atomic E-state index is -0.00255. The second-order valence-electron chi connectivity index (χ2n) is 6.24. The molecule has 1 amide bonds. The first kappa shape index (κ1) is 16.4. The molecule has 0 saturated carbocycles. The van der Waals surface area contributed by atoms with Crippen LogP contribution in [0.2, 0.25) is 0 Å². The summed E-state index contributed by atoms with van der Waals surface area (Å²) in [6, 6.07) is 8.23. The van der Waals surface area contributed by atoms with Crippen LogP contribution in [-0.2, 0) is 6.42 Å². The Labute approximate surface area is 142 Å². The number of aromatic nitrogens is 2. The maximum atomic E-state index is 12.5. The predicted octanol–water partition coefficient (Wildman–Crippen LogP) is 2.97. The van der Waals surface area contributed by atoms with Crippen molar-refractivity contribution in [2.45, 2.75) is 25.7 Å². The lowest BCUT2D eigenvalue weighted by Gasteiger charge is -2.32. The summed E-state index contributed by atoms with van der Waals surface area (Å²) >= 11 is 0. The van der Waals surface area contributed by atoms with Gasteiger partial charge in [0.2, 0.25) is 0 Å².